The molecule has 2 aromatic heterocycles. The second-order valence-electron chi connectivity index (χ2n) is 22.6. The van der Waals surface area contributed by atoms with Crippen LogP contribution in [0.5, 0.6) is 11.5 Å². The fourth-order valence-corrected chi connectivity index (χ4v) is 14.8. The van der Waals surface area contributed by atoms with Gasteiger partial charge in [-0.25, -0.2) is 4.39 Å². The fourth-order valence-electron chi connectivity index (χ4n) is 8.20. The molecule has 6 nitrogen and oxygen atoms in total. The molecule has 2 heterocycles. The van der Waals surface area contributed by atoms with Gasteiger partial charge in [-0.1, -0.05) is 204 Å². The maximum absolute atomic E-state index is 13.9. The molecule has 0 aliphatic rings. The summed E-state index contributed by atoms with van der Waals surface area (Å²) >= 11 is 22.4. The molecule has 9 aromatic carbocycles. The van der Waals surface area contributed by atoms with Crippen molar-refractivity contribution in [2.45, 2.75) is 69.2 Å². The van der Waals surface area contributed by atoms with Gasteiger partial charge in [-0.3, -0.25) is 0 Å². The van der Waals surface area contributed by atoms with Gasteiger partial charge in [-0.15, -0.1) is 0 Å². The van der Waals surface area contributed by atoms with E-state index in [0.29, 0.717) is 37.0 Å². The Morgan fingerprint density at radius 3 is 0.831 bits per heavy atom. The monoisotopic (exact) mass is 1600 g/mol. The van der Waals surface area contributed by atoms with Crippen molar-refractivity contribution in [2.75, 3.05) is 0 Å². The van der Waals surface area contributed by atoms with Crippen LogP contribution in [0.3, 0.4) is 0 Å². The van der Waals surface area contributed by atoms with E-state index in [9.17, 15) is 14.6 Å². The molecule has 0 saturated heterocycles. The summed E-state index contributed by atoms with van der Waals surface area (Å²) in [5.74, 6) is 0.0568. The topological polar surface area (TPSA) is 93.4 Å². The summed E-state index contributed by atoms with van der Waals surface area (Å²) in [5, 5.41) is 24.0. The Morgan fingerprint density at radius 2 is 0.596 bits per heavy atom. The Labute approximate surface area is 561 Å². The SMILES string of the molecule is CC(C)(C)[CH]=[W]=[N]c1c(Cl)cccc1Cl.CC(C)(C)[CH]=[W]=[N]c1c(Cl)cccc1Cl.Cc1ccc(C)[n-]1.Cc1ccc(C)[n-]1.Oc1c(-c2ccccc2)cc(-c2ccccc2)cc1-c1ccccc1.Oc1c(-c2ccccc2)cc(F)cc1-c1ccccc1. The van der Waals surface area contributed by atoms with Crippen LogP contribution in [0.15, 0.2) is 244 Å². The summed E-state index contributed by atoms with van der Waals surface area (Å²) in [4.78, 5) is 8.22. The van der Waals surface area contributed by atoms with Gasteiger partial charge in [0, 0.05) is 22.3 Å². The smallest absolute Gasteiger partial charge is 0.131 e. The second kappa shape index (κ2) is 35.4. The van der Waals surface area contributed by atoms with Crippen LogP contribution in [0, 0.1) is 44.3 Å². The van der Waals surface area contributed by atoms with Crippen molar-refractivity contribution in [3.63, 3.8) is 0 Å². The van der Waals surface area contributed by atoms with E-state index < -0.39 is 35.8 Å². The number of aryl methyl sites for hydroxylation is 4. The summed E-state index contributed by atoms with van der Waals surface area (Å²) in [6, 6.07) is 74.8. The molecule has 0 aliphatic heterocycles. The third-order valence-corrected chi connectivity index (χ3v) is 21.6. The zero-order chi connectivity index (χ0) is 64.5. The largest absolute Gasteiger partial charge is 0.665 e. The van der Waals surface area contributed by atoms with Crippen molar-refractivity contribution < 1.29 is 50.4 Å². The van der Waals surface area contributed by atoms with Crippen LogP contribution in [-0.4, -0.2) is 19.0 Å². The molecular formula is C76H73Cl4FN4O2W2-2. The summed E-state index contributed by atoms with van der Waals surface area (Å²) in [6.45, 7) is 21.0. The van der Waals surface area contributed by atoms with Crippen molar-refractivity contribution in [3.8, 4) is 67.1 Å². The molecule has 0 atom stereocenters. The van der Waals surface area contributed by atoms with Gasteiger partial charge in [-0.05, 0) is 57.6 Å². The number of aromatic hydroxyl groups is 2. The minimum absolute atomic E-state index is 0.101. The van der Waals surface area contributed by atoms with Crippen LogP contribution in [0.1, 0.15) is 64.3 Å². The van der Waals surface area contributed by atoms with Crippen molar-refractivity contribution in [3.05, 3.63) is 285 Å². The first-order valence-electron chi connectivity index (χ1n) is 28.6. The minimum Gasteiger partial charge on any atom is -0.665 e. The Bertz CT molecular complexity index is 3820. The van der Waals surface area contributed by atoms with Gasteiger partial charge in [0.05, 0.1) is 0 Å². The van der Waals surface area contributed by atoms with E-state index in [1.54, 1.807) is 0 Å². The van der Waals surface area contributed by atoms with Crippen LogP contribution < -0.4 is 9.97 Å². The Balaban J connectivity index is 0.000000179. The van der Waals surface area contributed by atoms with Crippen LogP contribution in [0.2, 0.25) is 20.1 Å². The Kier molecular flexibility index (Phi) is 28.2. The summed E-state index contributed by atoms with van der Waals surface area (Å²) in [6.07, 6.45) is 0. The summed E-state index contributed by atoms with van der Waals surface area (Å²) in [7, 11) is 0. The number of nitrogens with zero attached hydrogens (tertiary/aromatic N) is 4. The molecule has 0 unspecified atom stereocenters. The van der Waals surface area contributed by atoms with Crippen LogP contribution in [-0.2, 0) is 35.8 Å². The number of aromatic nitrogens is 2. The Hall–Kier alpha value is -7.05. The molecule has 89 heavy (non-hydrogen) atoms. The third-order valence-electron chi connectivity index (χ3n) is 12.4. The fraction of sp³-hybridized carbons (Fsp3) is 0.158. The molecular weight excluding hydrogens is 1530 g/mol. The van der Waals surface area contributed by atoms with E-state index in [-0.39, 0.29) is 22.4 Å². The number of hydrogen-bond donors (Lipinski definition) is 2. The van der Waals surface area contributed by atoms with Crippen LogP contribution in [0.4, 0.5) is 15.8 Å². The van der Waals surface area contributed by atoms with E-state index in [4.69, 9.17) is 46.4 Å². The predicted molar refractivity (Wildman–Crippen MR) is 370 cm³/mol. The van der Waals surface area contributed by atoms with Gasteiger partial charge in [0.2, 0.25) is 0 Å². The molecule has 0 radical (unpaired) electrons. The minimum atomic E-state index is -0.850. The molecule has 11 aromatic rings. The number of halogens is 5. The zero-order valence-electron chi connectivity index (χ0n) is 51.6. The first kappa shape index (κ1) is 71.0. The Morgan fingerprint density at radius 1 is 0.348 bits per heavy atom. The third kappa shape index (κ3) is 24.0. The molecule has 0 saturated carbocycles. The summed E-state index contributed by atoms with van der Waals surface area (Å²) in [5.41, 5.74) is 15.0. The van der Waals surface area contributed by atoms with Gasteiger partial charge < -0.3 is 20.2 Å². The molecule has 2 N–H and O–H groups in total. The van der Waals surface area contributed by atoms with Gasteiger partial charge in [-0.2, -0.15) is 22.8 Å². The molecule has 13 heteroatoms. The zero-order valence-corrected chi connectivity index (χ0v) is 60.5. The maximum Gasteiger partial charge on any atom is 0.131 e. The first-order valence-corrected chi connectivity index (χ1v) is 36.1. The standard InChI is InChI=1S/C24H18O.C18H13FO.2C6H3Cl2N.2C6H8N.2C5H10.2W/c25-24-22(19-12-6-2-7-13-19)16-21(18-10-4-1-5-11-18)17-23(24)20-14-8-3-9-15-20;19-15-11-16(13-7-3-1-4-8-13)18(20)17(12-15)14-9-5-2-6-10-14;2*7-4-2-1-3-5(8)6(4)9;2*1-5-3-4-6(2)7-5;2*1-5(2,3)4;;/h1-17,25H;1-12,20H;2*1-3H;2*3-4H,1-2H3;2*1H,2-4H3;;/q;;;;2*-1;;;;. The quantitative estimate of drug-likeness (QED) is 0.166. The number of phenols is 2. The first-order chi connectivity index (χ1) is 42.5. The molecule has 11 rings (SSSR count). The number of phenolic OH excluding ortho intramolecular Hbond substituents is 2. The van der Waals surface area contributed by atoms with Gasteiger partial charge in [0.25, 0.3) is 0 Å². The van der Waals surface area contributed by atoms with E-state index in [1.807, 2.05) is 228 Å². The average Bonchev–Trinajstić information content (AvgIpc) is 1.53. The average molecular weight is 1600 g/mol. The molecule has 0 amide bonds. The number of hydrogen-bond acceptors (Lipinski definition) is 4. The second-order valence-corrected chi connectivity index (χ2v) is 28.7. The van der Waals surface area contributed by atoms with Crippen molar-refractivity contribution >= 4 is 66.6 Å². The van der Waals surface area contributed by atoms with Crippen molar-refractivity contribution in [1.82, 2.24) is 9.97 Å². The number of rotatable bonds is 7. The van der Waals surface area contributed by atoms with E-state index in [2.05, 4.69) is 91.6 Å². The molecule has 0 spiro atoms. The molecule has 0 aliphatic carbocycles. The summed E-state index contributed by atoms with van der Waals surface area (Å²) < 4.78 is 27.5. The molecule has 0 fully saturated rings. The van der Waals surface area contributed by atoms with Gasteiger partial charge >= 0.3 is 218 Å². The van der Waals surface area contributed by atoms with Gasteiger partial charge in [0.1, 0.15) is 17.3 Å². The van der Waals surface area contributed by atoms with Gasteiger partial charge in [0.15, 0.2) is 0 Å². The number of benzene rings is 9. The van der Waals surface area contributed by atoms with Crippen molar-refractivity contribution in [1.29, 1.82) is 0 Å². The van der Waals surface area contributed by atoms with E-state index in [1.165, 1.54) is 12.1 Å². The molecule has 458 valence electrons. The predicted octanol–water partition coefficient (Wildman–Crippen LogP) is 23.3. The molecule has 0 bridgehead atoms. The van der Waals surface area contributed by atoms with E-state index in [0.717, 1.165) is 78.7 Å². The van der Waals surface area contributed by atoms with E-state index >= 15 is 0 Å². The van der Waals surface area contributed by atoms with Crippen molar-refractivity contribution in [2.24, 2.45) is 17.8 Å². The normalized spacial score (nSPS) is 10.5. The maximum atomic E-state index is 13.9. The van der Waals surface area contributed by atoms with Crippen LogP contribution in [0.25, 0.3) is 55.6 Å². The van der Waals surface area contributed by atoms with Crippen LogP contribution >= 0.6 is 46.4 Å².